The first-order valence-electron chi connectivity index (χ1n) is 10.7. The van der Waals surface area contributed by atoms with Gasteiger partial charge in [0.1, 0.15) is 0 Å². The molecule has 6 aliphatic rings. The van der Waals surface area contributed by atoms with Gasteiger partial charge in [0.25, 0.3) is 0 Å². The van der Waals surface area contributed by atoms with Crippen molar-refractivity contribution in [3.05, 3.63) is 66.8 Å². The fraction of sp³-hybridized carbons (Fsp3) is 0.500. The Kier molecular flexibility index (Phi) is 5.38. The normalized spacial score (nSPS) is 21.6. The molecule has 0 fully saturated rings. The molecule has 30 heavy (non-hydrogen) atoms. The molecule has 0 aromatic heterocycles. The second kappa shape index (κ2) is 8.09. The number of hydrogen-bond acceptors (Lipinski definition) is 6. The maximum atomic E-state index is 2.22. The molecule has 2 aromatic carbocycles. The van der Waals surface area contributed by atoms with Gasteiger partial charge in [-0.15, -0.1) is 0 Å². The molecule has 0 saturated carbocycles. The third kappa shape index (κ3) is 3.03. The second-order valence-corrected chi connectivity index (χ2v) is 14.6. The fourth-order valence-electron chi connectivity index (χ4n) is 5.81. The predicted octanol–water partition coefficient (Wildman–Crippen LogP) is 7.85. The molecule has 2 aromatic rings. The van der Waals surface area contributed by atoms with Crippen molar-refractivity contribution in [3.63, 3.8) is 0 Å². The molecule has 8 rings (SSSR count). The molecular formula is C24H24S6. The van der Waals surface area contributed by atoms with Crippen molar-refractivity contribution in [3.8, 4) is 0 Å². The monoisotopic (exact) mass is 504 g/mol. The van der Waals surface area contributed by atoms with Crippen LogP contribution in [-0.2, 0) is 69.0 Å². The number of hydrogen-bond donors (Lipinski definition) is 0. The average Bonchev–Trinajstić information content (AvgIpc) is 2.77. The Bertz CT molecular complexity index is 736. The Morgan fingerprint density at radius 1 is 0.200 bits per heavy atom. The zero-order valence-corrected chi connectivity index (χ0v) is 21.8. The van der Waals surface area contributed by atoms with Crippen LogP contribution < -0.4 is 0 Å². The van der Waals surface area contributed by atoms with Crippen LogP contribution in [0.15, 0.2) is 0 Å². The lowest BCUT2D eigenvalue weighted by Crippen LogP contribution is -2.19. The van der Waals surface area contributed by atoms with Crippen molar-refractivity contribution >= 4 is 70.6 Å². The molecule has 0 aliphatic carbocycles. The Hall–Kier alpha value is 0.540. The van der Waals surface area contributed by atoms with E-state index in [1.54, 1.807) is 66.8 Å². The van der Waals surface area contributed by atoms with E-state index in [9.17, 15) is 0 Å². The van der Waals surface area contributed by atoms with E-state index in [1.165, 1.54) is 69.0 Å². The summed E-state index contributed by atoms with van der Waals surface area (Å²) < 4.78 is 0. The number of rotatable bonds is 0. The molecule has 0 spiro atoms. The third-order valence-corrected chi connectivity index (χ3v) is 13.2. The molecule has 0 radical (unpaired) electrons. The van der Waals surface area contributed by atoms with E-state index in [-0.39, 0.29) is 0 Å². The third-order valence-electron chi connectivity index (χ3n) is 7.33. The highest BCUT2D eigenvalue weighted by Crippen LogP contribution is 2.50. The van der Waals surface area contributed by atoms with Gasteiger partial charge in [-0.3, -0.25) is 0 Å². The first kappa shape index (κ1) is 20.0. The molecule has 0 saturated heterocycles. The van der Waals surface area contributed by atoms with Gasteiger partial charge in [-0.2, -0.15) is 70.6 Å². The van der Waals surface area contributed by atoms with Crippen LogP contribution >= 0.6 is 70.6 Å². The number of thioether (sulfide) groups is 6. The highest BCUT2D eigenvalue weighted by Gasteiger charge is 2.32. The lowest BCUT2D eigenvalue weighted by Gasteiger charge is -2.35. The van der Waals surface area contributed by atoms with Crippen LogP contribution in [0.2, 0.25) is 0 Å². The van der Waals surface area contributed by atoms with Crippen LogP contribution in [0, 0.1) is 0 Å². The van der Waals surface area contributed by atoms with E-state index in [0.29, 0.717) is 0 Å². The van der Waals surface area contributed by atoms with Gasteiger partial charge in [-0.25, -0.2) is 0 Å². The molecule has 0 amide bonds. The predicted molar refractivity (Wildman–Crippen MR) is 143 cm³/mol. The summed E-state index contributed by atoms with van der Waals surface area (Å²) in [5.74, 6) is 14.7. The summed E-state index contributed by atoms with van der Waals surface area (Å²) in [6.45, 7) is 0. The maximum Gasteiger partial charge on any atom is 0.0194 e. The largest absolute Gasteiger partial charge is 0.152 e. The van der Waals surface area contributed by atoms with Crippen LogP contribution in [0.4, 0.5) is 0 Å². The molecule has 6 heteroatoms. The van der Waals surface area contributed by atoms with Gasteiger partial charge >= 0.3 is 0 Å². The topological polar surface area (TPSA) is 0 Å². The lowest BCUT2D eigenvalue weighted by atomic mass is 9.89. The summed E-state index contributed by atoms with van der Waals surface area (Å²) >= 11 is 13.3. The first-order valence-corrected chi connectivity index (χ1v) is 17.6. The van der Waals surface area contributed by atoms with Crippen molar-refractivity contribution in [2.45, 2.75) is 69.0 Å². The van der Waals surface area contributed by atoms with Gasteiger partial charge in [-0.1, -0.05) is 0 Å². The van der Waals surface area contributed by atoms with Crippen molar-refractivity contribution in [2.75, 3.05) is 0 Å². The van der Waals surface area contributed by atoms with Crippen molar-refractivity contribution in [1.29, 1.82) is 0 Å². The number of fused-ring (bicyclic) bond motifs is 12. The van der Waals surface area contributed by atoms with E-state index in [2.05, 4.69) is 70.6 Å². The summed E-state index contributed by atoms with van der Waals surface area (Å²) in [6, 6.07) is 0. The molecule has 6 aliphatic heterocycles. The zero-order valence-electron chi connectivity index (χ0n) is 16.9. The van der Waals surface area contributed by atoms with Crippen molar-refractivity contribution in [2.24, 2.45) is 0 Å². The summed E-state index contributed by atoms with van der Waals surface area (Å²) in [7, 11) is 0. The van der Waals surface area contributed by atoms with Gasteiger partial charge in [0.2, 0.25) is 0 Å². The molecule has 12 bridgehead atoms. The molecule has 0 unspecified atom stereocenters. The second-order valence-electron chi connectivity index (χ2n) is 8.70. The van der Waals surface area contributed by atoms with Gasteiger partial charge < -0.3 is 0 Å². The average molecular weight is 505 g/mol. The highest BCUT2D eigenvalue weighted by atomic mass is 32.2. The number of benzene rings is 2. The minimum Gasteiger partial charge on any atom is -0.152 e. The maximum absolute atomic E-state index is 2.22. The van der Waals surface area contributed by atoms with Crippen LogP contribution in [-0.4, -0.2) is 0 Å². The fourth-order valence-corrected chi connectivity index (χ4v) is 13.1. The van der Waals surface area contributed by atoms with Gasteiger partial charge in [0.15, 0.2) is 0 Å². The minimum absolute atomic E-state index is 1.22. The summed E-state index contributed by atoms with van der Waals surface area (Å²) in [6.07, 6.45) is 0. The van der Waals surface area contributed by atoms with E-state index < -0.39 is 0 Å². The van der Waals surface area contributed by atoms with E-state index >= 15 is 0 Å². The van der Waals surface area contributed by atoms with Crippen LogP contribution in [0.5, 0.6) is 0 Å². The van der Waals surface area contributed by atoms with Crippen molar-refractivity contribution < 1.29 is 0 Å². The Labute approximate surface area is 205 Å². The van der Waals surface area contributed by atoms with Gasteiger partial charge in [0, 0.05) is 69.0 Å². The van der Waals surface area contributed by atoms with Crippen molar-refractivity contribution in [1.82, 2.24) is 0 Å². The Morgan fingerprint density at radius 2 is 0.300 bits per heavy atom. The standard InChI is InChI=1S/C24H24S6/c1-13-14-3-26-7-19-16(2-25-1)20-8-27-4-15(13)18-6-29-11-23(20)24-12-30-9-21(18)17(14)5-28-10-22(19)24/h1-12H2. The van der Waals surface area contributed by atoms with Crippen LogP contribution in [0.3, 0.4) is 0 Å². The molecule has 156 valence electrons. The molecule has 6 heterocycles. The van der Waals surface area contributed by atoms with Crippen LogP contribution in [0.25, 0.3) is 0 Å². The summed E-state index contributed by atoms with van der Waals surface area (Å²) in [4.78, 5) is 0. The first-order chi connectivity index (χ1) is 14.9. The van der Waals surface area contributed by atoms with E-state index in [0.717, 1.165) is 0 Å². The van der Waals surface area contributed by atoms with Gasteiger partial charge in [-0.05, 0) is 66.8 Å². The molecule has 0 N–H and O–H groups in total. The summed E-state index contributed by atoms with van der Waals surface area (Å²) in [5, 5.41) is 0. The quantitative estimate of drug-likeness (QED) is 0.355. The molecule has 0 atom stereocenters. The summed E-state index contributed by atoms with van der Waals surface area (Å²) in [5.41, 5.74) is 21.0. The zero-order chi connectivity index (χ0) is 19.7. The molecule has 0 nitrogen and oxygen atoms in total. The van der Waals surface area contributed by atoms with E-state index in [1.807, 2.05) is 0 Å². The van der Waals surface area contributed by atoms with E-state index in [4.69, 9.17) is 0 Å². The lowest BCUT2D eigenvalue weighted by molar-refractivity contribution is 1.02. The minimum atomic E-state index is 1.22. The Balaban J connectivity index is 1.68. The smallest absolute Gasteiger partial charge is 0.0194 e. The highest BCUT2D eigenvalue weighted by molar-refractivity contribution is 7.99. The molecular weight excluding hydrogens is 481 g/mol. The van der Waals surface area contributed by atoms with Crippen LogP contribution in [0.1, 0.15) is 66.8 Å². The Morgan fingerprint density at radius 3 is 0.400 bits per heavy atom. The SMILES string of the molecule is C1SCc2c3c4c5c6c2CSCc2c1c(c(c(c2CSC6)CSC5)CSC4)CSC3. The van der Waals surface area contributed by atoms with Gasteiger partial charge in [0.05, 0.1) is 0 Å².